The lowest BCUT2D eigenvalue weighted by atomic mass is 10.2. The Morgan fingerprint density at radius 2 is 1.90 bits per heavy atom. The summed E-state index contributed by atoms with van der Waals surface area (Å²) < 4.78 is 13.1. The average Bonchev–Trinajstić information content (AvgIpc) is 3.40. The minimum Gasteiger partial charge on any atom is -0.486 e. The van der Waals surface area contributed by atoms with Gasteiger partial charge >= 0.3 is 0 Å². The van der Waals surface area contributed by atoms with Crippen molar-refractivity contribution in [2.45, 2.75) is 24.1 Å². The first-order valence-corrected chi connectivity index (χ1v) is 10.5. The van der Waals surface area contributed by atoms with Crippen LogP contribution in [0, 0.1) is 0 Å². The number of hydrogen-bond donors (Lipinski definition) is 0. The molecule has 2 aromatic carbocycles. The molecule has 0 amide bonds. The topological polar surface area (TPSA) is 78.9 Å². The van der Waals surface area contributed by atoms with Crippen molar-refractivity contribution in [3.05, 3.63) is 84.0 Å². The van der Waals surface area contributed by atoms with Gasteiger partial charge in [-0.2, -0.15) is 4.98 Å². The second-order valence-corrected chi connectivity index (χ2v) is 7.59. The van der Waals surface area contributed by atoms with E-state index in [2.05, 4.69) is 26.9 Å². The van der Waals surface area contributed by atoms with Crippen molar-refractivity contribution in [3.8, 4) is 17.1 Å². The van der Waals surface area contributed by atoms with Crippen LogP contribution in [0.4, 0.5) is 0 Å². The molecule has 0 spiro atoms. The first-order valence-electron chi connectivity index (χ1n) is 9.15. The largest absolute Gasteiger partial charge is 0.486 e. The predicted octanol–water partition coefficient (Wildman–Crippen LogP) is 5.04. The first kappa shape index (κ1) is 20.2. The molecule has 4 aromatic rings. The van der Waals surface area contributed by atoms with E-state index >= 15 is 0 Å². The van der Waals surface area contributed by atoms with Gasteiger partial charge in [-0.25, -0.2) is 0 Å². The second-order valence-electron chi connectivity index (χ2n) is 6.21. The summed E-state index contributed by atoms with van der Waals surface area (Å²) in [6.45, 7) is 4.66. The van der Waals surface area contributed by atoms with E-state index in [1.165, 1.54) is 11.8 Å². The Morgan fingerprint density at radius 1 is 1.10 bits per heavy atom. The van der Waals surface area contributed by atoms with E-state index in [-0.39, 0.29) is 6.61 Å². The molecule has 0 aliphatic carbocycles. The number of nitrogens with zero attached hydrogens (tertiary/aromatic N) is 5. The van der Waals surface area contributed by atoms with Crippen LogP contribution in [-0.4, -0.2) is 24.9 Å². The van der Waals surface area contributed by atoms with E-state index in [9.17, 15) is 0 Å². The van der Waals surface area contributed by atoms with Crippen LogP contribution in [0.3, 0.4) is 0 Å². The number of hydrogen-bond acceptors (Lipinski definition) is 7. The van der Waals surface area contributed by atoms with Gasteiger partial charge in [-0.3, -0.25) is 4.57 Å². The molecular weight excluding hydrogens is 422 g/mol. The van der Waals surface area contributed by atoms with Gasteiger partial charge in [-0.05, 0) is 24.3 Å². The van der Waals surface area contributed by atoms with Crippen LogP contribution in [0.2, 0.25) is 5.02 Å². The summed E-state index contributed by atoms with van der Waals surface area (Å²) in [7, 11) is 0. The quantitative estimate of drug-likeness (QED) is 0.267. The zero-order valence-electron chi connectivity index (χ0n) is 15.9. The molecule has 0 radical (unpaired) electrons. The molecule has 7 nitrogen and oxygen atoms in total. The number of rotatable bonds is 9. The van der Waals surface area contributed by atoms with E-state index in [1.54, 1.807) is 18.2 Å². The van der Waals surface area contributed by atoms with E-state index < -0.39 is 0 Å². The summed E-state index contributed by atoms with van der Waals surface area (Å²) in [5.74, 6) is 2.97. The third-order valence-corrected chi connectivity index (χ3v) is 5.32. The van der Waals surface area contributed by atoms with Gasteiger partial charge in [-0.1, -0.05) is 64.9 Å². The van der Waals surface area contributed by atoms with Crippen molar-refractivity contribution in [3.63, 3.8) is 0 Å². The van der Waals surface area contributed by atoms with Crippen molar-refractivity contribution in [2.24, 2.45) is 0 Å². The van der Waals surface area contributed by atoms with Crippen LogP contribution < -0.4 is 4.74 Å². The van der Waals surface area contributed by atoms with E-state index in [4.69, 9.17) is 20.9 Å². The Kier molecular flexibility index (Phi) is 6.46. The maximum absolute atomic E-state index is 5.91. The number of halogens is 1. The van der Waals surface area contributed by atoms with Crippen molar-refractivity contribution in [2.75, 3.05) is 0 Å². The van der Waals surface area contributed by atoms with E-state index in [1.807, 2.05) is 47.0 Å². The molecule has 0 fully saturated rings. The monoisotopic (exact) mass is 439 g/mol. The number of allylic oxidation sites excluding steroid dienone is 1. The molecule has 0 bridgehead atoms. The van der Waals surface area contributed by atoms with Gasteiger partial charge in [-0.15, -0.1) is 16.8 Å². The molecule has 0 N–H and O–H groups in total. The molecular formula is C21H18ClN5O2S. The molecule has 9 heteroatoms. The summed E-state index contributed by atoms with van der Waals surface area (Å²) in [6.07, 6.45) is 1.79. The highest BCUT2D eigenvalue weighted by Gasteiger charge is 2.15. The lowest BCUT2D eigenvalue weighted by Gasteiger charge is -2.08. The Bertz CT molecular complexity index is 1110. The smallest absolute Gasteiger partial charge is 0.237 e. The van der Waals surface area contributed by atoms with Crippen molar-refractivity contribution in [1.29, 1.82) is 0 Å². The fourth-order valence-electron chi connectivity index (χ4n) is 2.67. The summed E-state index contributed by atoms with van der Waals surface area (Å²) in [6, 6.07) is 16.9. The Labute approximate surface area is 182 Å². The third kappa shape index (κ3) is 4.90. The molecule has 152 valence electrons. The molecule has 0 atom stereocenters. The molecule has 30 heavy (non-hydrogen) atoms. The van der Waals surface area contributed by atoms with Crippen molar-refractivity contribution < 1.29 is 9.26 Å². The van der Waals surface area contributed by atoms with E-state index in [0.717, 1.165) is 10.7 Å². The van der Waals surface area contributed by atoms with Gasteiger partial charge in [0, 0.05) is 17.1 Å². The predicted molar refractivity (Wildman–Crippen MR) is 115 cm³/mol. The van der Waals surface area contributed by atoms with Crippen molar-refractivity contribution in [1.82, 2.24) is 24.9 Å². The summed E-state index contributed by atoms with van der Waals surface area (Å²) in [5.41, 5.74) is 0.911. The Hall–Kier alpha value is -3.10. The van der Waals surface area contributed by atoms with Crippen LogP contribution in [0.5, 0.6) is 5.75 Å². The van der Waals surface area contributed by atoms with Crippen LogP contribution in [0.25, 0.3) is 11.4 Å². The number of benzene rings is 2. The first-order chi connectivity index (χ1) is 14.7. The zero-order chi connectivity index (χ0) is 20.8. The maximum Gasteiger partial charge on any atom is 0.237 e. The Morgan fingerprint density at radius 3 is 2.67 bits per heavy atom. The van der Waals surface area contributed by atoms with Gasteiger partial charge in [0.05, 0.1) is 5.75 Å². The fourth-order valence-corrected chi connectivity index (χ4v) is 3.60. The minimum atomic E-state index is 0.280. The van der Waals surface area contributed by atoms with Gasteiger partial charge < -0.3 is 9.26 Å². The SMILES string of the molecule is C=CCn1c(COc2ccc(Cl)cc2)nnc1SCc1nc(-c2ccccc2)no1. The second kappa shape index (κ2) is 9.60. The van der Waals surface area contributed by atoms with Gasteiger partial charge in [0.15, 0.2) is 11.0 Å². The molecule has 4 rings (SSSR count). The zero-order valence-corrected chi connectivity index (χ0v) is 17.5. The number of ether oxygens (including phenoxy) is 1. The lowest BCUT2D eigenvalue weighted by molar-refractivity contribution is 0.289. The third-order valence-electron chi connectivity index (χ3n) is 4.11. The van der Waals surface area contributed by atoms with Crippen LogP contribution >= 0.6 is 23.4 Å². The number of thioether (sulfide) groups is 1. The molecule has 0 saturated heterocycles. The minimum absolute atomic E-state index is 0.280. The van der Waals surface area contributed by atoms with Crippen LogP contribution in [0.15, 0.2) is 76.9 Å². The fraction of sp³-hybridized carbons (Fsp3) is 0.143. The average molecular weight is 440 g/mol. The van der Waals surface area contributed by atoms with E-state index in [0.29, 0.717) is 40.6 Å². The summed E-state index contributed by atoms with van der Waals surface area (Å²) in [4.78, 5) is 4.45. The van der Waals surface area contributed by atoms with Gasteiger partial charge in [0.1, 0.15) is 12.4 Å². The lowest BCUT2D eigenvalue weighted by Crippen LogP contribution is -2.07. The van der Waals surface area contributed by atoms with Crippen LogP contribution in [-0.2, 0) is 18.9 Å². The molecule has 0 aliphatic rings. The Balaban J connectivity index is 1.42. The molecule has 2 heterocycles. The molecule has 2 aromatic heterocycles. The normalized spacial score (nSPS) is 10.8. The van der Waals surface area contributed by atoms with Gasteiger partial charge in [0.2, 0.25) is 11.7 Å². The van der Waals surface area contributed by atoms with Gasteiger partial charge in [0.25, 0.3) is 0 Å². The highest BCUT2D eigenvalue weighted by Crippen LogP contribution is 2.24. The highest BCUT2D eigenvalue weighted by molar-refractivity contribution is 7.98. The molecule has 0 aliphatic heterocycles. The standard InChI is InChI=1S/C21H18ClN5O2S/c1-2-12-27-18(13-28-17-10-8-16(22)9-11-17)24-25-21(27)30-14-19-23-20(26-29-19)15-6-4-3-5-7-15/h2-11H,1,12-14H2. The number of aromatic nitrogens is 5. The van der Waals surface area contributed by atoms with Crippen molar-refractivity contribution >= 4 is 23.4 Å². The molecule has 0 unspecified atom stereocenters. The molecule has 0 saturated carbocycles. The summed E-state index contributed by atoms with van der Waals surface area (Å²) >= 11 is 7.37. The summed E-state index contributed by atoms with van der Waals surface area (Å²) in [5, 5.41) is 14.0. The maximum atomic E-state index is 5.91. The highest BCUT2D eigenvalue weighted by atomic mass is 35.5. The van der Waals surface area contributed by atoms with Crippen LogP contribution in [0.1, 0.15) is 11.7 Å².